The highest BCUT2D eigenvalue weighted by molar-refractivity contribution is 6.05. The van der Waals surface area contributed by atoms with Crippen molar-refractivity contribution in [2.24, 2.45) is 7.05 Å². The lowest BCUT2D eigenvalue weighted by atomic mass is 10.1. The molecule has 0 aliphatic carbocycles. The first-order chi connectivity index (χ1) is 10.1. The van der Waals surface area contributed by atoms with E-state index in [9.17, 15) is 4.79 Å². The number of aromatic nitrogens is 2. The summed E-state index contributed by atoms with van der Waals surface area (Å²) in [6.45, 7) is 1.93. The van der Waals surface area contributed by atoms with Crippen LogP contribution in [0.25, 0.3) is 0 Å². The Morgan fingerprint density at radius 1 is 1.33 bits per heavy atom. The van der Waals surface area contributed by atoms with Gasteiger partial charge < -0.3 is 5.32 Å². The van der Waals surface area contributed by atoms with Crippen molar-refractivity contribution in [2.75, 3.05) is 5.32 Å². The second-order valence-corrected chi connectivity index (χ2v) is 4.45. The van der Waals surface area contributed by atoms with E-state index in [0.717, 1.165) is 0 Å². The molecule has 0 aliphatic rings. The lowest BCUT2D eigenvalue weighted by molar-refractivity contribution is 0.102. The Bertz CT molecular complexity index is 776. The van der Waals surface area contributed by atoms with Crippen LogP contribution in [0.5, 0.6) is 0 Å². The highest BCUT2D eigenvalue weighted by Crippen LogP contribution is 2.16. The largest absolute Gasteiger partial charge is 0.322 e. The zero-order valence-electron chi connectivity index (χ0n) is 11.7. The van der Waals surface area contributed by atoms with Crippen LogP contribution in [-0.2, 0) is 13.5 Å². The van der Waals surface area contributed by atoms with Crippen molar-refractivity contribution in [3.63, 3.8) is 0 Å². The van der Waals surface area contributed by atoms with E-state index in [0.29, 0.717) is 23.4 Å². The summed E-state index contributed by atoms with van der Waals surface area (Å²) < 4.78 is 1.59. The fourth-order valence-corrected chi connectivity index (χ4v) is 2.00. The van der Waals surface area contributed by atoms with Crippen molar-refractivity contribution in [2.45, 2.75) is 13.3 Å². The smallest absolute Gasteiger partial charge is 0.259 e. The molecule has 6 heteroatoms. The Kier molecular flexibility index (Phi) is 4.01. The first kappa shape index (κ1) is 14.3. The first-order valence-corrected chi connectivity index (χ1v) is 6.37. The molecule has 0 fully saturated rings. The summed E-state index contributed by atoms with van der Waals surface area (Å²) in [7, 11) is 1.76. The molecule has 1 amide bonds. The molecule has 0 radical (unpaired) electrons. The minimum atomic E-state index is -0.284. The number of carbonyl (C=O) groups excluding carboxylic acids is 1. The van der Waals surface area contributed by atoms with E-state index in [4.69, 9.17) is 10.5 Å². The molecular formula is C15H13N5O. The van der Waals surface area contributed by atoms with E-state index in [1.54, 1.807) is 24.0 Å². The molecule has 6 nitrogen and oxygen atoms in total. The molecule has 0 atom stereocenters. The number of benzene rings is 1. The molecule has 0 bridgehead atoms. The summed E-state index contributed by atoms with van der Waals surface area (Å²) in [5.74, 6) is -0.284. The van der Waals surface area contributed by atoms with Gasteiger partial charge in [0.2, 0.25) is 0 Å². The van der Waals surface area contributed by atoms with Gasteiger partial charge >= 0.3 is 0 Å². The molecule has 0 unspecified atom stereocenters. The van der Waals surface area contributed by atoms with E-state index in [-0.39, 0.29) is 17.0 Å². The molecule has 0 aliphatic heterocycles. The van der Waals surface area contributed by atoms with E-state index in [2.05, 4.69) is 10.4 Å². The number of hydrogen-bond donors (Lipinski definition) is 1. The van der Waals surface area contributed by atoms with Gasteiger partial charge in [-0.1, -0.05) is 6.92 Å². The molecule has 104 valence electrons. The molecule has 1 N–H and O–H groups in total. The molecule has 1 heterocycles. The SMILES string of the molecule is CCc1nn(C)cc1C(=O)Nc1ccc(C#N)c(C#N)c1. The van der Waals surface area contributed by atoms with Gasteiger partial charge in [0.25, 0.3) is 5.91 Å². The maximum Gasteiger partial charge on any atom is 0.259 e. The van der Waals surface area contributed by atoms with Crippen molar-refractivity contribution < 1.29 is 4.79 Å². The van der Waals surface area contributed by atoms with Crippen LogP contribution >= 0.6 is 0 Å². The fourth-order valence-electron chi connectivity index (χ4n) is 2.00. The molecule has 0 saturated heterocycles. The van der Waals surface area contributed by atoms with Gasteiger partial charge in [-0.2, -0.15) is 15.6 Å². The Labute approximate surface area is 122 Å². The van der Waals surface area contributed by atoms with Crippen LogP contribution in [0, 0.1) is 22.7 Å². The van der Waals surface area contributed by atoms with Gasteiger partial charge in [0, 0.05) is 18.9 Å². The van der Waals surface area contributed by atoms with Crippen molar-refractivity contribution in [3.8, 4) is 12.1 Å². The minimum absolute atomic E-state index is 0.234. The Balaban J connectivity index is 2.28. The standard InChI is InChI=1S/C15H13N5O/c1-3-14-13(9-20(2)19-14)15(21)18-12-5-4-10(7-16)11(6-12)8-17/h4-6,9H,3H2,1-2H3,(H,18,21). The Morgan fingerprint density at radius 3 is 2.67 bits per heavy atom. The Morgan fingerprint density at radius 2 is 2.05 bits per heavy atom. The molecule has 1 aromatic heterocycles. The minimum Gasteiger partial charge on any atom is -0.322 e. The van der Waals surface area contributed by atoms with Crippen molar-refractivity contribution in [1.82, 2.24) is 9.78 Å². The molecule has 0 spiro atoms. The van der Waals surface area contributed by atoms with E-state index >= 15 is 0 Å². The van der Waals surface area contributed by atoms with Crippen LogP contribution in [0.3, 0.4) is 0 Å². The van der Waals surface area contributed by atoms with Gasteiger partial charge in [-0.25, -0.2) is 0 Å². The molecule has 2 rings (SSSR count). The topological polar surface area (TPSA) is 94.5 Å². The zero-order chi connectivity index (χ0) is 15.4. The number of nitrogens with zero attached hydrogens (tertiary/aromatic N) is 4. The summed E-state index contributed by atoms with van der Waals surface area (Å²) in [5, 5.41) is 24.8. The average Bonchev–Trinajstić information content (AvgIpc) is 2.88. The van der Waals surface area contributed by atoms with Gasteiger partial charge in [-0.05, 0) is 24.6 Å². The summed E-state index contributed by atoms with van der Waals surface area (Å²) in [6.07, 6.45) is 2.31. The van der Waals surface area contributed by atoms with Gasteiger partial charge in [0.1, 0.15) is 12.1 Å². The van der Waals surface area contributed by atoms with Crippen LogP contribution in [0.4, 0.5) is 5.69 Å². The third-order valence-corrected chi connectivity index (χ3v) is 3.00. The molecule has 0 saturated carbocycles. The normalized spacial score (nSPS) is 9.71. The van der Waals surface area contributed by atoms with Crippen LogP contribution in [0.2, 0.25) is 0 Å². The number of aryl methyl sites for hydroxylation is 2. The average molecular weight is 279 g/mol. The predicted octanol–water partition coefficient (Wildman–Crippen LogP) is 1.98. The number of hydrogen-bond acceptors (Lipinski definition) is 4. The predicted molar refractivity (Wildman–Crippen MR) is 76.4 cm³/mol. The number of carbonyl (C=O) groups is 1. The second-order valence-electron chi connectivity index (χ2n) is 4.45. The number of anilines is 1. The van der Waals surface area contributed by atoms with Gasteiger partial charge in [-0.3, -0.25) is 9.48 Å². The first-order valence-electron chi connectivity index (χ1n) is 6.37. The monoisotopic (exact) mass is 279 g/mol. The van der Waals surface area contributed by atoms with Crippen LogP contribution in [0.15, 0.2) is 24.4 Å². The van der Waals surface area contributed by atoms with Gasteiger partial charge in [0.05, 0.1) is 22.4 Å². The number of nitriles is 2. The summed E-state index contributed by atoms with van der Waals surface area (Å²) >= 11 is 0. The van der Waals surface area contributed by atoms with E-state index < -0.39 is 0 Å². The summed E-state index contributed by atoms with van der Waals surface area (Å²) in [6, 6.07) is 8.46. The van der Waals surface area contributed by atoms with Crippen LogP contribution in [-0.4, -0.2) is 15.7 Å². The van der Waals surface area contributed by atoms with Gasteiger partial charge in [0.15, 0.2) is 0 Å². The maximum absolute atomic E-state index is 12.2. The quantitative estimate of drug-likeness (QED) is 0.929. The fraction of sp³-hybridized carbons (Fsp3) is 0.200. The van der Waals surface area contributed by atoms with Gasteiger partial charge in [-0.15, -0.1) is 0 Å². The maximum atomic E-state index is 12.2. The Hall–Kier alpha value is -3.12. The number of amides is 1. The summed E-state index contributed by atoms with van der Waals surface area (Å²) in [4.78, 5) is 12.2. The van der Waals surface area contributed by atoms with Crippen molar-refractivity contribution >= 4 is 11.6 Å². The highest BCUT2D eigenvalue weighted by Gasteiger charge is 2.15. The number of rotatable bonds is 3. The molecule has 1 aromatic carbocycles. The summed E-state index contributed by atoms with van der Waals surface area (Å²) in [5.41, 5.74) is 2.21. The van der Waals surface area contributed by atoms with Crippen LogP contribution < -0.4 is 5.32 Å². The number of nitrogens with one attached hydrogen (secondary N) is 1. The van der Waals surface area contributed by atoms with E-state index in [1.165, 1.54) is 12.1 Å². The second kappa shape index (κ2) is 5.89. The third kappa shape index (κ3) is 2.90. The zero-order valence-corrected chi connectivity index (χ0v) is 11.7. The third-order valence-electron chi connectivity index (χ3n) is 3.00. The van der Waals surface area contributed by atoms with Crippen molar-refractivity contribution in [3.05, 3.63) is 46.8 Å². The lowest BCUT2D eigenvalue weighted by Gasteiger charge is -2.05. The molecule has 2 aromatic rings. The van der Waals surface area contributed by atoms with E-state index in [1.807, 2.05) is 19.1 Å². The molecule has 21 heavy (non-hydrogen) atoms. The molecular weight excluding hydrogens is 266 g/mol. The lowest BCUT2D eigenvalue weighted by Crippen LogP contribution is -2.13. The highest BCUT2D eigenvalue weighted by atomic mass is 16.1. The van der Waals surface area contributed by atoms with Crippen molar-refractivity contribution in [1.29, 1.82) is 10.5 Å². The van der Waals surface area contributed by atoms with Crippen LogP contribution in [0.1, 0.15) is 34.1 Å².